The lowest BCUT2D eigenvalue weighted by Crippen LogP contribution is -2.24. The number of rotatable bonds is 4. The molecule has 0 radical (unpaired) electrons. The van der Waals surface area contributed by atoms with E-state index in [0.29, 0.717) is 5.56 Å². The van der Waals surface area contributed by atoms with Crippen molar-refractivity contribution in [1.29, 1.82) is 0 Å². The lowest BCUT2D eigenvalue weighted by atomic mass is 10.1. The Bertz CT molecular complexity index is 803. The summed E-state index contributed by atoms with van der Waals surface area (Å²) in [5, 5.41) is 2.57. The molecule has 2 aromatic carbocycles. The summed E-state index contributed by atoms with van der Waals surface area (Å²) >= 11 is 0. The van der Waals surface area contributed by atoms with Crippen molar-refractivity contribution in [2.45, 2.75) is 13.5 Å². The first-order valence-electron chi connectivity index (χ1n) is 7.72. The van der Waals surface area contributed by atoms with Gasteiger partial charge in [0.25, 0.3) is 0 Å². The van der Waals surface area contributed by atoms with Gasteiger partial charge in [0.2, 0.25) is 0 Å². The number of aryl methyl sites for hydroxylation is 1. The minimum Gasteiger partial charge on any atom is -0.465 e. The Labute approximate surface area is 147 Å². The molecule has 0 fully saturated rings. The first kappa shape index (κ1) is 18.1. The van der Waals surface area contributed by atoms with Crippen molar-refractivity contribution < 1.29 is 19.1 Å². The Morgan fingerprint density at radius 3 is 2.56 bits per heavy atom. The van der Waals surface area contributed by atoms with Crippen LogP contribution in [-0.2, 0) is 16.1 Å². The summed E-state index contributed by atoms with van der Waals surface area (Å²) in [7, 11) is 1.34. The van der Waals surface area contributed by atoms with Gasteiger partial charge in [-0.05, 0) is 36.2 Å². The summed E-state index contributed by atoms with van der Waals surface area (Å²) in [4.78, 5) is 23.1. The molecule has 0 saturated heterocycles. The lowest BCUT2D eigenvalue weighted by Gasteiger charge is -2.04. The van der Waals surface area contributed by atoms with E-state index >= 15 is 0 Å². The summed E-state index contributed by atoms with van der Waals surface area (Å²) in [5.41, 5.74) is 3.05. The van der Waals surface area contributed by atoms with Crippen LogP contribution in [0.3, 0.4) is 0 Å². The van der Waals surface area contributed by atoms with Gasteiger partial charge in [0.05, 0.1) is 19.2 Å². The first-order valence-corrected chi connectivity index (χ1v) is 7.72. The van der Waals surface area contributed by atoms with Gasteiger partial charge in [-0.3, -0.25) is 0 Å². The van der Waals surface area contributed by atoms with Crippen molar-refractivity contribution in [2.75, 3.05) is 13.7 Å². The Hall–Kier alpha value is -3.26. The fourth-order valence-electron chi connectivity index (χ4n) is 2.08. The molecule has 0 aliphatic rings. The van der Waals surface area contributed by atoms with Crippen LogP contribution in [0.1, 0.15) is 27.0 Å². The Morgan fingerprint density at radius 1 is 1.12 bits per heavy atom. The molecule has 128 valence electrons. The van der Waals surface area contributed by atoms with Crippen LogP contribution in [0.2, 0.25) is 0 Å². The lowest BCUT2D eigenvalue weighted by molar-refractivity contribution is 0.0600. The molecular formula is C20H19NO4. The molecular weight excluding hydrogens is 318 g/mol. The molecule has 25 heavy (non-hydrogen) atoms. The van der Waals surface area contributed by atoms with Gasteiger partial charge in [0.15, 0.2) is 0 Å². The third-order valence-corrected chi connectivity index (χ3v) is 3.40. The topological polar surface area (TPSA) is 64.6 Å². The van der Waals surface area contributed by atoms with Crippen LogP contribution in [0.25, 0.3) is 0 Å². The molecule has 0 aliphatic heterocycles. The van der Waals surface area contributed by atoms with Crippen molar-refractivity contribution in [3.8, 4) is 11.8 Å². The largest absolute Gasteiger partial charge is 0.465 e. The van der Waals surface area contributed by atoms with E-state index in [1.807, 2.05) is 37.3 Å². The van der Waals surface area contributed by atoms with Gasteiger partial charge in [-0.2, -0.15) is 0 Å². The maximum Gasteiger partial charge on any atom is 0.408 e. The van der Waals surface area contributed by atoms with Gasteiger partial charge in [0, 0.05) is 5.56 Å². The molecule has 0 aliphatic carbocycles. The normalized spacial score (nSPS) is 9.52. The molecule has 0 atom stereocenters. The Balaban J connectivity index is 1.82. The molecule has 5 nitrogen and oxygen atoms in total. The number of nitrogens with one attached hydrogen (secondary N) is 1. The molecule has 0 aromatic heterocycles. The number of carbonyl (C=O) groups is 2. The summed E-state index contributed by atoms with van der Waals surface area (Å²) in [6.07, 6.45) is -0.518. The van der Waals surface area contributed by atoms with Gasteiger partial charge < -0.3 is 14.8 Å². The van der Waals surface area contributed by atoms with Gasteiger partial charge in [0.1, 0.15) is 6.61 Å². The highest BCUT2D eigenvalue weighted by Gasteiger charge is 2.06. The molecule has 1 N–H and O–H groups in total. The summed E-state index contributed by atoms with van der Waals surface area (Å²) < 4.78 is 9.76. The average Bonchev–Trinajstić information content (AvgIpc) is 2.64. The predicted molar refractivity (Wildman–Crippen MR) is 94.0 cm³/mol. The molecule has 2 rings (SSSR count). The molecule has 5 heteroatoms. The maximum absolute atomic E-state index is 11.6. The molecule has 0 saturated carbocycles. The number of methoxy groups -OCH3 is 1. The SMILES string of the molecule is COC(=O)c1ccc(C#CCNC(=O)OCc2ccccc2)c(C)c1. The molecule has 0 bridgehead atoms. The van der Waals surface area contributed by atoms with E-state index in [4.69, 9.17) is 4.74 Å². The fourth-order valence-corrected chi connectivity index (χ4v) is 2.08. The zero-order valence-electron chi connectivity index (χ0n) is 14.2. The van der Waals surface area contributed by atoms with E-state index in [1.54, 1.807) is 18.2 Å². The van der Waals surface area contributed by atoms with Crippen LogP contribution in [0, 0.1) is 18.8 Å². The molecule has 2 aromatic rings. The Morgan fingerprint density at radius 2 is 1.88 bits per heavy atom. The van der Waals surface area contributed by atoms with Gasteiger partial charge in [-0.25, -0.2) is 9.59 Å². The number of hydrogen-bond acceptors (Lipinski definition) is 4. The van der Waals surface area contributed by atoms with Gasteiger partial charge >= 0.3 is 12.1 Å². The molecule has 0 heterocycles. The zero-order chi connectivity index (χ0) is 18.1. The number of benzene rings is 2. The summed E-state index contributed by atoms with van der Waals surface area (Å²) in [5.74, 6) is 5.43. The standard InChI is InChI=1S/C20H19NO4/c1-15-13-18(19(22)24-2)11-10-17(15)9-6-12-21-20(23)25-14-16-7-4-3-5-8-16/h3-5,7-8,10-11,13H,12,14H2,1-2H3,(H,21,23). The van der Waals surface area contributed by atoms with Crippen molar-refractivity contribution in [2.24, 2.45) is 0 Å². The third-order valence-electron chi connectivity index (χ3n) is 3.40. The highest BCUT2D eigenvalue weighted by molar-refractivity contribution is 5.89. The predicted octanol–water partition coefficient (Wildman–Crippen LogP) is 3.06. The second-order valence-corrected chi connectivity index (χ2v) is 5.24. The van der Waals surface area contributed by atoms with Crippen molar-refractivity contribution >= 4 is 12.1 Å². The van der Waals surface area contributed by atoms with E-state index in [2.05, 4.69) is 21.9 Å². The second kappa shape index (κ2) is 9.14. The monoisotopic (exact) mass is 337 g/mol. The van der Waals surface area contributed by atoms with Crippen LogP contribution in [0.15, 0.2) is 48.5 Å². The molecule has 0 unspecified atom stereocenters. The first-order chi connectivity index (χ1) is 12.1. The van der Waals surface area contributed by atoms with Crippen LogP contribution in [0.5, 0.6) is 0 Å². The van der Waals surface area contributed by atoms with E-state index in [-0.39, 0.29) is 19.1 Å². The second-order valence-electron chi connectivity index (χ2n) is 5.24. The maximum atomic E-state index is 11.6. The van der Waals surface area contributed by atoms with E-state index < -0.39 is 6.09 Å². The summed E-state index contributed by atoms with van der Waals surface area (Å²) in [6.45, 7) is 2.25. The minimum atomic E-state index is -0.518. The quantitative estimate of drug-likeness (QED) is 0.688. The average molecular weight is 337 g/mol. The third kappa shape index (κ3) is 5.70. The van der Waals surface area contributed by atoms with Crippen LogP contribution in [-0.4, -0.2) is 25.7 Å². The van der Waals surface area contributed by atoms with E-state index in [1.165, 1.54) is 7.11 Å². The van der Waals surface area contributed by atoms with Crippen molar-refractivity contribution in [3.63, 3.8) is 0 Å². The van der Waals surface area contributed by atoms with Gasteiger partial charge in [-0.15, -0.1) is 0 Å². The number of carbonyl (C=O) groups excluding carboxylic acids is 2. The number of alkyl carbamates (subject to hydrolysis) is 1. The number of ether oxygens (including phenoxy) is 2. The summed E-state index contributed by atoms with van der Waals surface area (Å²) in [6, 6.07) is 14.6. The number of amides is 1. The van der Waals surface area contributed by atoms with Crippen LogP contribution >= 0.6 is 0 Å². The smallest absolute Gasteiger partial charge is 0.408 e. The van der Waals surface area contributed by atoms with Gasteiger partial charge in [-0.1, -0.05) is 42.2 Å². The minimum absolute atomic E-state index is 0.172. The zero-order valence-corrected chi connectivity index (χ0v) is 14.2. The van der Waals surface area contributed by atoms with Crippen LogP contribution in [0.4, 0.5) is 4.79 Å². The molecule has 0 spiro atoms. The highest BCUT2D eigenvalue weighted by Crippen LogP contribution is 2.10. The molecule has 1 amide bonds. The Kier molecular flexibility index (Phi) is 6.61. The van der Waals surface area contributed by atoms with Crippen molar-refractivity contribution in [1.82, 2.24) is 5.32 Å². The van der Waals surface area contributed by atoms with E-state index in [9.17, 15) is 9.59 Å². The van der Waals surface area contributed by atoms with Crippen LogP contribution < -0.4 is 5.32 Å². The number of esters is 1. The highest BCUT2D eigenvalue weighted by atomic mass is 16.5. The number of hydrogen-bond donors (Lipinski definition) is 1. The van der Waals surface area contributed by atoms with Crippen molar-refractivity contribution in [3.05, 3.63) is 70.8 Å². The van der Waals surface area contributed by atoms with E-state index in [0.717, 1.165) is 16.7 Å². The fraction of sp³-hybridized carbons (Fsp3) is 0.200.